The zero-order valence-electron chi connectivity index (χ0n) is 12.8. The van der Waals surface area contributed by atoms with Gasteiger partial charge in [0.25, 0.3) is 0 Å². The molecule has 0 aliphatic rings. The maximum atomic E-state index is 9.93. The van der Waals surface area contributed by atoms with Gasteiger partial charge in [0.05, 0.1) is 5.69 Å². The van der Waals surface area contributed by atoms with E-state index in [1.54, 1.807) is 18.2 Å². The van der Waals surface area contributed by atoms with Gasteiger partial charge in [0, 0.05) is 9.64 Å². The van der Waals surface area contributed by atoms with Crippen LogP contribution in [0.3, 0.4) is 0 Å². The lowest BCUT2D eigenvalue weighted by Gasteiger charge is -2.07. The van der Waals surface area contributed by atoms with E-state index >= 15 is 0 Å². The first-order valence-electron chi connectivity index (χ1n) is 7.38. The van der Waals surface area contributed by atoms with Crippen LogP contribution in [0.1, 0.15) is 5.56 Å². The summed E-state index contributed by atoms with van der Waals surface area (Å²) in [4.78, 5) is 0. The molecule has 0 saturated carbocycles. The Morgan fingerprint density at radius 3 is 2.38 bits per heavy atom. The molecule has 0 heterocycles. The van der Waals surface area contributed by atoms with Crippen molar-refractivity contribution in [1.29, 1.82) is 0 Å². The van der Waals surface area contributed by atoms with E-state index in [2.05, 4.69) is 32.8 Å². The van der Waals surface area contributed by atoms with E-state index in [1.165, 1.54) is 0 Å². The Labute approximate surface area is 154 Å². The molecule has 0 spiro atoms. The summed E-state index contributed by atoms with van der Waals surface area (Å²) in [6.07, 6.45) is 0. The SMILES string of the molecule is Oc1ccc(OCc2ccccc2)cc1N=Nc1ccc(I)cc1. The van der Waals surface area contributed by atoms with Gasteiger partial charge in [-0.1, -0.05) is 30.3 Å². The average Bonchev–Trinajstić information content (AvgIpc) is 2.62. The highest BCUT2D eigenvalue weighted by molar-refractivity contribution is 14.1. The van der Waals surface area contributed by atoms with Gasteiger partial charge in [0.2, 0.25) is 0 Å². The third-order valence-corrected chi connectivity index (χ3v) is 4.01. The van der Waals surface area contributed by atoms with Crippen molar-refractivity contribution in [2.75, 3.05) is 0 Å². The standard InChI is InChI=1S/C19H15IN2O2/c20-15-6-8-16(9-7-15)21-22-18-12-17(10-11-19(18)23)24-13-14-4-2-1-3-5-14/h1-12,23H,13H2. The summed E-state index contributed by atoms with van der Waals surface area (Å²) in [5, 5.41) is 18.2. The summed E-state index contributed by atoms with van der Waals surface area (Å²) in [6, 6.07) is 22.5. The minimum Gasteiger partial charge on any atom is -0.506 e. The number of phenolic OH excluding ortho intramolecular Hbond substituents is 1. The molecule has 5 heteroatoms. The van der Waals surface area contributed by atoms with Crippen molar-refractivity contribution >= 4 is 34.0 Å². The molecule has 4 nitrogen and oxygen atoms in total. The first-order valence-corrected chi connectivity index (χ1v) is 8.45. The summed E-state index contributed by atoms with van der Waals surface area (Å²) in [5.74, 6) is 0.699. The Kier molecular flexibility index (Phi) is 5.43. The molecule has 0 aliphatic carbocycles. The number of hydrogen-bond acceptors (Lipinski definition) is 4. The lowest BCUT2D eigenvalue weighted by Crippen LogP contribution is -1.94. The smallest absolute Gasteiger partial charge is 0.143 e. The van der Waals surface area contributed by atoms with Crippen molar-refractivity contribution < 1.29 is 9.84 Å². The Morgan fingerprint density at radius 2 is 1.62 bits per heavy atom. The van der Waals surface area contributed by atoms with E-state index in [0.29, 0.717) is 18.0 Å². The first-order chi connectivity index (χ1) is 11.7. The predicted octanol–water partition coefficient (Wildman–Crippen LogP) is 5.99. The first kappa shape index (κ1) is 16.4. The van der Waals surface area contributed by atoms with Gasteiger partial charge in [-0.3, -0.25) is 0 Å². The average molecular weight is 430 g/mol. The summed E-state index contributed by atoms with van der Waals surface area (Å²) in [6.45, 7) is 0.458. The lowest BCUT2D eigenvalue weighted by atomic mass is 10.2. The van der Waals surface area contributed by atoms with Crippen molar-refractivity contribution in [3.05, 3.63) is 81.9 Å². The largest absolute Gasteiger partial charge is 0.506 e. The van der Waals surface area contributed by atoms with Gasteiger partial charge in [-0.15, -0.1) is 5.11 Å². The number of benzene rings is 3. The van der Waals surface area contributed by atoms with Crippen molar-refractivity contribution in [2.45, 2.75) is 6.61 Å². The van der Waals surface area contributed by atoms with Crippen molar-refractivity contribution in [3.8, 4) is 11.5 Å². The summed E-state index contributed by atoms with van der Waals surface area (Å²) >= 11 is 2.23. The maximum Gasteiger partial charge on any atom is 0.143 e. The van der Waals surface area contributed by atoms with Gasteiger partial charge in [-0.25, -0.2) is 0 Å². The molecule has 3 aromatic rings. The van der Waals surface area contributed by atoms with Crippen LogP contribution >= 0.6 is 22.6 Å². The number of rotatable bonds is 5. The van der Waals surface area contributed by atoms with E-state index in [4.69, 9.17) is 4.74 Å². The number of aromatic hydroxyl groups is 1. The van der Waals surface area contributed by atoms with Crippen molar-refractivity contribution in [3.63, 3.8) is 0 Å². The normalized spacial score (nSPS) is 10.9. The molecule has 0 amide bonds. The minimum atomic E-state index is 0.0660. The Morgan fingerprint density at radius 1 is 0.875 bits per heavy atom. The molecular weight excluding hydrogens is 415 g/mol. The third-order valence-electron chi connectivity index (χ3n) is 3.30. The molecule has 0 aromatic heterocycles. The van der Waals surface area contributed by atoms with E-state index in [-0.39, 0.29) is 5.75 Å². The fraction of sp³-hybridized carbons (Fsp3) is 0.0526. The van der Waals surface area contributed by atoms with E-state index in [0.717, 1.165) is 14.8 Å². The Hall–Kier alpha value is -2.41. The number of halogens is 1. The van der Waals surface area contributed by atoms with Crippen molar-refractivity contribution in [2.24, 2.45) is 10.2 Å². The highest BCUT2D eigenvalue weighted by Gasteiger charge is 2.04. The fourth-order valence-electron chi connectivity index (χ4n) is 2.03. The molecule has 0 atom stereocenters. The summed E-state index contributed by atoms with van der Waals surface area (Å²) < 4.78 is 6.87. The topological polar surface area (TPSA) is 54.2 Å². The van der Waals surface area contributed by atoms with Crippen LogP contribution in [-0.4, -0.2) is 5.11 Å². The molecular formula is C19H15IN2O2. The molecule has 0 fully saturated rings. The van der Waals surface area contributed by atoms with Crippen LogP contribution in [0.2, 0.25) is 0 Å². The molecule has 3 aromatic carbocycles. The van der Waals surface area contributed by atoms with Crippen LogP contribution in [0.4, 0.5) is 11.4 Å². The molecule has 24 heavy (non-hydrogen) atoms. The molecule has 3 rings (SSSR count). The zero-order valence-corrected chi connectivity index (χ0v) is 14.9. The highest BCUT2D eigenvalue weighted by Crippen LogP contribution is 2.32. The Balaban J connectivity index is 1.72. The monoisotopic (exact) mass is 430 g/mol. The maximum absolute atomic E-state index is 9.93. The van der Waals surface area contributed by atoms with Crippen LogP contribution in [-0.2, 0) is 6.61 Å². The van der Waals surface area contributed by atoms with Gasteiger partial charge in [0.1, 0.15) is 23.8 Å². The second-order valence-electron chi connectivity index (χ2n) is 5.10. The number of azo groups is 1. The second kappa shape index (κ2) is 7.92. The molecule has 0 radical (unpaired) electrons. The zero-order chi connectivity index (χ0) is 16.8. The van der Waals surface area contributed by atoms with Crippen LogP contribution in [0.15, 0.2) is 83.0 Å². The molecule has 0 saturated heterocycles. The molecule has 120 valence electrons. The van der Waals surface area contributed by atoms with Gasteiger partial charge >= 0.3 is 0 Å². The summed E-state index contributed by atoms with van der Waals surface area (Å²) in [7, 11) is 0. The highest BCUT2D eigenvalue weighted by atomic mass is 127. The van der Waals surface area contributed by atoms with Gasteiger partial charge in [0.15, 0.2) is 0 Å². The van der Waals surface area contributed by atoms with E-state index in [1.807, 2.05) is 54.6 Å². The van der Waals surface area contributed by atoms with Crippen LogP contribution in [0.5, 0.6) is 11.5 Å². The van der Waals surface area contributed by atoms with E-state index in [9.17, 15) is 5.11 Å². The van der Waals surface area contributed by atoms with E-state index < -0.39 is 0 Å². The molecule has 1 N–H and O–H groups in total. The summed E-state index contributed by atoms with van der Waals surface area (Å²) in [5.41, 5.74) is 2.18. The third kappa shape index (κ3) is 4.55. The lowest BCUT2D eigenvalue weighted by molar-refractivity contribution is 0.306. The predicted molar refractivity (Wildman–Crippen MR) is 102 cm³/mol. The van der Waals surface area contributed by atoms with Gasteiger partial charge in [-0.05, 0) is 64.6 Å². The second-order valence-corrected chi connectivity index (χ2v) is 6.35. The van der Waals surface area contributed by atoms with Gasteiger partial charge in [-0.2, -0.15) is 5.11 Å². The fourth-order valence-corrected chi connectivity index (χ4v) is 2.39. The number of phenols is 1. The number of nitrogens with zero attached hydrogens (tertiary/aromatic N) is 2. The molecule has 0 aliphatic heterocycles. The molecule has 0 bridgehead atoms. The quantitative estimate of drug-likeness (QED) is 0.399. The van der Waals surface area contributed by atoms with Crippen LogP contribution < -0.4 is 4.74 Å². The Bertz CT molecular complexity index is 834. The van der Waals surface area contributed by atoms with Crippen LogP contribution in [0.25, 0.3) is 0 Å². The minimum absolute atomic E-state index is 0.0660. The number of hydrogen-bond donors (Lipinski definition) is 1. The van der Waals surface area contributed by atoms with Crippen LogP contribution in [0, 0.1) is 3.57 Å². The molecule has 0 unspecified atom stereocenters. The van der Waals surface area contributed by atoms with Crippen molar-refractivity contribution in [1.82, 2.24) is 0 Å². The van der Waals surface area contributed by atoms with Gasteiger partial charge < -0.3 is 9.84 Å². The number of ether oxygens (including phenoxy) is 1.